The Morgan fingerprint density at radius 2 is 1.94 bits per heavy atom. The van der Waals surface area contributed by atoms with E-state index in [1.165, 1.54) is 18.9 Å². The summed E-state index contributed by atoms with van der Waals surface area (Å²) in [7, 11) is 0. The van der Waals surface area contributed by atoms with E-state index in [4.69, 9.17) is 0 Å². The Balaban J connectivity index is 1.77. The molecule has 0 aliphatic heterocycles. The van der Waals surface area contributed by atoms with Crippen molar-refractivity contribution in [1.82, 2.24) is 10.6 Å². The van der Waals surface area contributed by atoms with Crippen LogP contribution in [-0.4, -0.2) is 25.7 Å². The van der Waals surface area contributed by atoms with Gasteiger partial charge in [0.05, 0.1) is 0 Å². The third-order valence-electron chi connectivity index (χ3n) is 3.48. The molecule has 0 atom stereocenters. The molecule has 0 radical (unpaired) electrons. The zero-order chi connectivity index (χ0) is 13.0. The summed E-state index contributed by atoms with van der Waals surface area (Å²) in [5, 5.41) is 6.86. The van der Waals surface area contributed by atoms with Crippen molar-refractivity contribution in [2.75, 3.05) is 19.6 Å². The molecule has 0 heterocycles. The Labute approximate surface area is 109 Å². The van der Waals surface area contributed by atoms with Crippen LogP contribution in [0.4, 0.5) is 4.39 Å². The van der Waals surface area contributed by atoms with Gasteiger partial charge in [-0.2, -0.15) is 0 Å². The standard InChI is InChI=1S/C15H23FN2/c1-15(2,13-5-3-4-6-14(13)16)11-17-9-10-18-12-7-8-12/h3-6,12,17-18H,7-11H2,1-2H3. The average Bonchev–Trinajstić information content (AvgIpc) is 3.13. The van der Waals surface area contributed by atoms with E-state index < -0.39 is 0 Å². The van der Waals surface area contributed by atoms with Gasteiger partial charge in [-0.15, -0.1) is 0 Å². The van der Waals surface area contributed by atoms with Gasteiger partial charge in [0.15, 0.2) is 0 Å². The molecule has 0 saturated heterocycles. The van der Waals surface area contributed by atoms with Crippen LogP contribution >= 0.6 is 0 Å². The first-order valence-corrected chi connectivity index (χ1v) is 6.79. The largest absolute Gasteiger partial charge is 0.315 e. The minimum atomic E-state index is -0.176. The maximum absolute atomic E-state index is 13.7. The van der Waals surface area contributed by atoms with Gasteiger partial charge in [0, 0.05) is 31.1 Å². The van der Waals surface area contributed by atoms with Crippen molar-refractivity contribution in [1.29, 1.82) is 0 Å². The van der Waals surface area contributed by atoms with E-state index in [1.807, 2.05) is 12.1 Å². The first-order valence-electron chi connectivity index (χ1n) is 6.79. The predicted octanol–water partition coefficient (Wildman–Crippen LogP) is 2.44. The Kier molecular flexibility index (Phi) is 4.36. The Morgan fingerprint density at radius 3 is 2.61 bits per heavy atom. The smallest absolute Gasteiger partial charge is 0.126 e. The second-order valence-corrected chi connectivity index (χ2v) is 5.77. The molecule has 0 unspecified atom stereocenters. The molecule has 0 aromatic heterocycles. The van der Waals surface area contributed by atoms with Gasteiger partial charge in [-0.25, -0.2) is 4.39 Å². The van der Waals surface area contributed by atoms with Gasteiger partial charge in [0.1, 0.15) is 5.82 Å². The van der Waals surface area contributed by atoms with Crippen LogP contribution in [0.15, 0.2) is 24.3 Å². The van der Waals surface area contributed by atoms with Gasteiger partial charge in [0.25, 0.3) is 0 Å². The van der Waals surface area contributed by atoms with E-state index in [0.29, 0.717) is 0 Å². The van der Waals surface area contributed by atoms with Crippen molar-refractivity contribution in [3.63, 3.8) is 0 Å². The summed E-state index contributed by atoms with van der Waals surface area (Å²) in [5.41, 5.74) is 0.609. The number of rotatable bonds is 7. The molecule has 1 fully saturated rings. The fourth-order valence-electron chi connectivity index (χ4n) is 2.16. The second kappa shape index (κ2) is 5.81. The molecule has 0 bridgehead atoms. The molecule has 0 amide bonds. The van der Waals surface area contributed by atoms with Crippen molar-refractivity contribution < 1.29 is 4.39 Å². The number of hydrogen-bond acceptors (Lipinski definition) is 2. The summed E-state index contributed by atoms with van der Waals surface area (Å²) in [4.78, 5) is 0. The van der Waals surface area contributed by atoms with Crippen LogP contribution in [0.1, 0.15) is 32.3 Å². The number of hydrogen-bond donors (Lipinski definition) is 2. The quantitative estimate of drug-likeness (QED) is 0.726. The van der Waals surface area contributed by atoms with Crippen LogP contribution in [0.5, 0.6) is 0 Å². The lowest BCUT2D eigenvalue weighted by molar-refractivity contribution is 0.442. The van der Waals surface area contributed by atoms with Gasteiger partial charge in [-0.3, -0.25) is 0 Å². The highest BCUT2D eigenvalue weighted by molar-refractivity contribution is 5.25. The molecular weight excluding hydrogens is 227 g/mol. The Morgan fingerprint density at radius 1 is 1.22 bits per heavy atom. The Bertz CT molecular complexity index is 386. The lowest BCUT2D eigenvalue weighted by Gasteiger charge is -2.26. The molecule has 1 aliphatic carbocycles. The van der Waals surface area contributed by atoms with Crippen molar-refractivity contribution in [3.8, 4) is 0 Å². The van der Waals surface area contributed by atoms with Crippen LogP contribution in [0, 0.1) is 5.82 Å². The minimum Gasteiger partial charge on any atom is -0.315 e. The fourth-order valence-corrected chi connectivity index (χ4v) is 2.16. The molecule has 2 rings (SSSR count). The van der Waals surface area contributed by atoms with Crippen LogP contribution < -0.4 is 10.6 Å². The highest BCUT2D eigenvalue weighted by atomic mass is 19.1. The van der Waals surface area contributed by atoms with E-state index >= 15 is 0 Å². The molecule has 2 N–H and O–H groups in total. The zero-order valence-electron chi connectivity index (χ0n) is 11.3. The zero-order valence-corrected chi connectivity index (χ0v) is 11.3. The monoisotopic (exact) mass is 250 g/mol. The molecule has 1 saturated carbocycles. The molecule has 3 heteroatoms. The molecule has 100 valence electrons. The SMILES string of the molecule is CC(C)(CNCCNC1CC1)c1ccccc1F. The second-order valence-electron chi connectivity index (χ2n) is 5.77. The van der Waals surface area contributed by atoms with Crippen molar-refractivity contribution in [2.24, 2.45) is 0 Å². The third kappa shape index (κ3) is 3.79. The summed E-state index contributed by atoms with van der Waals surface area (Å²) < 4.78 is 13.7. The fraction of sp³-hybridized carbons (Fsp3) is 0.600. The highest BCUT2D eigenvalue weighted by Gasteiger charge is 2.23. The lowest BCUT2D eigenvalue weighted by Crippen LogP contribution is -2.37. The summed E-state index contributed by atoms with van der Waals surface area (Å²) >= 11 is 0. The van der Waals surface area contributed by atoms with E-state index in [0.717, 1.165) is 31.2 Å². The first-order chi connectivity index (χ1) is 8.59. The lowest BCUT2D eigenvalue weighted by atomic mass is 9.84. The highest BCUT2D eigenvalue weighted by Crippen LogP contribution is 2.24. The van der Waals surface area contributed by atoms with Crippen molar-refractivity contribution >= 4 is 0 Å². The van der Waals surface area contributed by atoms with E-state index in [2.05, 4.69) is 24.5 Å². The van der Waals surface area contributed by atoms with Gasteiger partial charge in [0.2, 0.25) is 0 Å². The molecule has 1 aromatic rings. The number of halogens is 1. The van der Waals surface area contributed by atoms with E-state index in [9.17, 15) is 4.39 Å². The van der Waals surface area contributed by atoms with Gasteiger partial charge >= 0.3 is 0 Å². The van der Waals surface area contributed by atoms with Crippen molar-refractivity contribution in [2.45, 2.75) is 38.1 Å². The van der Waals surface area contributed by atoms with Crippen LogP contribution in [0.3, 0.4) is 0 Å². The van der Waals surface area contributed by atoms with E-state index in [1.54, 1.807) is 6.07 Å². The Hall–Kier alpha value is -0.930. The molecule has 1 aromatic carbocycles. The molecule has 2 nitrogen and oxygen atoms in total. The summed E-state index contributed by atoms with van der Waals surface area (Å²) in [6, 6.07) is 7.80. The molecule has 18 heavy (non-hydrogen) atoms. The minimum absolute atomic E-state index is 0.111. The van der Waals surface area contributed by atoms with Gasteiger partial charge in [-0.1, -0.05) is 32.0 Å². The average molecular weight is 250 g/mol. The van der Waals surface area contributed by atoms with Crippen LogP contribution in [0.2, 0.25) is 0 Å². The van der Waals surface area contributed by atoms with Crippen LogP contribution in [-0.2, 0) is 5.41 Å². The molecule has 1 aliphatic rings. The van der Waals surface area contributed by atoms with Gasteiger partial charge in [-0.05, 0) is 24.5 Å². The van der Waals surface area contributed by atoms with E-state index in [-0.39, 0.29) is 11.2 Å². The number of benzene rings is 1. The predicted molar refractivity (Wildman–Crippen MR) is 73.3 cm³/mol. The third-order valence-corrected chi connectivity index (χ3v) is 3.48. The maximum Gasteiger partial charge on any atom is 0.126 e. The topological polar surface area (TPSA) is 24.1 Å². The first kappa shape index (κ1) is 13.5. The number of nitrogens with one attached hydrogen (secondary N) is 2. The normalized spacial score (nSPS) is 15.9. The summed E-state index contributed by atoms with van der Waals surface area (Å²) in [6.07, 6.45) is 2.64. The van der Waals surface area contributed by atoms with Gasteiger partial charge < -0.3 is 10.6 Å². The molecule has 0 spiro atoms. The van der Waals surface area contributed by atoms with Crippen LogP contribution in [0.25, 0.3) is 0 Å². The maximum atomic E-state index is 13.7. The summed E-state index contributed by atoms with van der Waals surface area (Å²) in [6.45, 7) is 6.88. The molecular formula is C15H23FN2. The van der Waals surface area contributed by atoms with Crippen molar-refractivity contribution in [3.05, 3.63) is 35.6 Å². The summed E-state index contributed by atoms with van der Waals surface area (Å²) in [5.74, 6) is -0.111.